The van der Waals surface area contributed by atoms with E-state index in [1.54, 1.807) is 18.2 Å². The number of para-hydroxylation sites is 1. The summed E-state index contributed by atoms with van der Waals surface area (Å²) in [6, 6.07) is 7.11. The number of aliphatic hydroxyl groups is 3. The minimum absolute atomic E-state index is 0.496. The smallest absolute Gasteiger partial charge is 0.157 e. The molecule has 1 aromatic carbocycles. The fourth-order valence-electron chi connectivity index (χ4n) is 2.90. The lowest BCUT2D eigenvalue weighted by Crippen LogP contribution is -2.62. The highest BCUT2D eigenvalue weighted by Crippen LogP contribution is 2.47. The monoisotopic (exact) mass is 236 g/mol. The van der Waals surface area contributed by atoms with E-state index in [4.69, 9.17) is 4.74 Å². The summed E-state index contributed by atoms with van der Waals surface area (Å²) in [4.78, 5) is 0. The quantitative estimate of drug-likeness (QED) is 0.622. The van der Waals surface area contributed by atoms with Crippen molar-refractivity contribution in [3.05, 3.63) is 29.8 Å². The molecule has 1 saturated carbocycles. The maximum atomic E-state index is 10.5. The van der Waals surface area contributed by atoms with Gasteiger partial charge in [0.25, 0.3) is 0 Å². The molecule has 0 aromatic heterocycles. The van der Waals surface area contributed by atoms with Crippen molar-refractivity contribution in [3.8, 4) is 5.75 Å². The molecule has 17 heavy (non-hydrogen) atoms. The van der Waals surface area contributed by atoms with E-state index in [-0.39, 0.29) is 0 Å². The van der Waals surface area contributed by atoms with Crippen molar-refractivity contribution >= 4 is 0 Å². The Morgan fingerprint density at radius 1 is 1.18 bits per heavy atom. The van der Waals surface area contributed by atoms with Gasteiger partial charge in [-0.25, -0.2) is 0 Å². The number of ether oxygens (including phenoxy) is 1. The molecule has 0 amide bonds. The molecular weight excluding hydrogens is 220 g/mol. The molecule has 3 N–H and O–H groups in total. The average Bonchev–Trinajstić information content (AvgIpc) is 2.34. The second kappa shape index (κ2) is 3.70. The third-order valence-electron chi connectivity index (χ3n) is 3.91. The Morgan fingerprint density at radius 2 is 1.94 bits per heavy atom. The molecule has 0 bridgehead atoms. The molecule has 4 atom stereocenters. The van der Waals surface area contributed by atoms with Gasteiger partial charge in [0.1, 0.15) is 18.0 Å². The van der Waals surface area contributed by atoms with Gasteiger partial charge in [0, 0.05) is 5.56 Å². The van der Waals surface area contributed by atoms with Gasteiger partial charge in [0.15, 0.2) is 5.60 Å². The van der Waals surface area contributed by atoms with E-state index >= 15 is 0 Å². The second-order valence-electron chi connectivity index (χ2n) is 4.88. The van der Waals surface area contributed by atoms with Crippen LogP contribution < -0.4 is 4.74 Å². The summed E-state index contributed by atoms with van der Waals surface area (Å²) in [5.41, 5.74) is -1.03. The number of benzene rings is 1. The summed E-state index contributed by atoms with van der Waals surface area (Å²) >= 11 is 0. The van der Waals surface area contributed by atoms with Crippen molar-refractivity contribution in [3.63, 3.8) is 0 Å². The Bertz CT molecular complexity index is 433. The van der Waals surface area contributed by atoms with E-state index in [9.17, 15) is 15.3 Å². The van der Waals surface area contributed by atoms with Crippen LogP contribution in [-0.4, -0.2) is 33.1 Å². The first kappa shape index (κ1) is 11.0. The molecule has 3 rings (SSSR count). The van der Waals surface area contributed by atoms with Gasteiger partial charge in [0.05, 0.1) is 6.10 Å². The summed E-state index contributed by atoms with van der Waals surface area (Å²) in [5.74, 6) is 0.601. The van der Waals surface area contributed by atoms with Gasteiger partial charge < -0.3 is 20.1 Å². The molecule has 92 valence electrons. The number of fused-ring (bicyclic) bond motifs is 2. The highest BCUT2D eigenvalue weighted by Gasteiger charge is 2.56. The van der Waals surface area contributed by atoms with Gasteiger partial charge in [-0.3, -0.25) is 0 Å². The molecule has 4 heteroatoms. The van der Waals surface area contributed by atoms with Gasteiger partial charge >= 0.3 is 0 Å². The van der Waals surface area contributed by atoms with E-state index in [1.807, 2.05) is 6.07 Å². The third kappa shape index (κ3) is 1.41. The van der Waals surface area contributed by atoms with Crippen LogP contribution in [0.4, 0.5) is 0 Å². The number of aliphatic hydroxyl groups excluding tert-OH is 2. The average molecular weight is 236 g/mol. The van der Waals surface area contributed by atoms with Crippen molar-refractivity contribution < 1.29 is 20.1 Å². The van der Waals surface area contributed by atoms with Gasteiger partial charge in [-0.1, -0.05) is 18.2 Å². The zero-order valence-corrected chi connectivity index (χ0v) is 9.41. The van der Waals surface area contributed by atoms with Crippen LogP contribution in [-0.2, 0) is 0 Å². The summed E-state index contributed by atoms with van der Waals surface area (Å²) in [6.45, 7) is 0. The largest absolute Gasteiger partial charge is 0.487 e. The predicted octanol–water partition coefficient (Wildman–Crippen LogP) is 0.757. The normalized spacial score (nSPS) is 40.1. The van der Waals surface area contributed by atoms with Crippen LogP contribution in [0.25, 0.3) is 0 Å². The van der Waals surface area contributed by atoms with Crippen molar-refractivity contribution in [1.29, 1.82) is 0 Å². The Labute approximate surface area is 99.5 Å². The highest BCUT2D eigenvalue weighted by atomic mass is 16.5. The van der Waals surface area contributed by atoms with Crippen molar-refractivity contribution in [2.24, 2.45) is 0 Å². The number of hydrogen-bond acceptors (Lipinski definition) is 4. The lowest BCUT2D eigenvalue weighted by atomic mass is 9.72. The Morgan fingerprint density at radius 3 is 2.76 bits per heavy atom. The molecule has 1 fully saturated rings. The minimum atomic E-state index is -1.58. The van der Waals surface area contributed by atoms with Gasteiger partial charge in [-0.2, -0.15) is 0 Å². The molecule has 0 spiro atoms. The standard InChI is InChI=1S/C13H16O4/c14-10-6-3-7-11-13(10,16)12(15)8-4-1-2-5-9(8)17-11/h1-2,4-5,10-12,14-16H,3,6-7H2/t10-,11+,12-,13+/m0/s1. The summed E-state index contributed by atoms with van der Waals surface area (Å²) in [6.07, 6.45) is -0.620. The van der Waals surface area contributed by atoms with Crippen LogP contribution in [0.1, 0.15) is 30.9 Å². The zero-order valence-electron chi connectivity index (χ0n) is 9.41. The maximum absolute atomic E-state index is 10.5. The Hall–Kier alpha value is -1.10. The maximum Gasteiger partial charge on any atom is 0.157 e. The molecule has 1 aliphatic carbocycles. The van der Waals surface area contributed by atoms with Crippen LogP contribution in [0.3, 0.4) is 0 Å². The van der Waals surface area contributed by atoms with E-state index in [0.717, 1.165) is 6.42 Å². The molecule has 2 aliphatic rings. The van der Waals surface area contributed by atoms with Crippen LogP contribution in [0.2, 0.25) is 0 Å². The zero-order chi connectivity index (χ0) is 12.0. The van der Waals surface area contributed by atoms with Crippen molar-refractivity contribution in [1.82, 2.24) is 0 Å². The molecule has 1 heterocycles. The number of hydrogen-bond donors (Lipinski definition) is 3. The van der Waals surface area contributed by atoms with E-state index in [0.29, 0.717) is 24.2 Å². The lowest BCUT2D eigenvalue weighted by molar-refractivity contribution is -0.222. The number of rotatable bonds is 0. The van der Waals surface area contributed by atoms with Crippen LogP contribution in [0.5, 0.6) is 5.75 Å². The third-order valence-corrected chi connectivity index (χ3v) is 3.91. The molecule has 1 aliphatic heterocycles. The SMILES string of the molecule is O[C@H]1CCC[C@H]2Oc3ccccc3[C@H](O)[C@@]12O. The predicted molar refractivity (Wildman–Crippen MR) is 60.6 cm³/mol. The highest BCUT2D eigenvalue weighted by molar-refractivity contribution is 5.40. The summed E-state index contributed by atoms with van der Waals surface area (Å²) in [7, 11) is 0. The Balaban J connectivity index is 2.08. The molecule has 4 nitrogen and oxygen atoms in total. The van der Waals surface area contributed by atoms with Gasteiger partial charge in [-0.05, 0) is 25.3 Å². The van der Waals surface area contributed by atoms with Crippen molar-refractivity contribution in [2.45, 2.75) is 43.2 Å². The minimum Gasteiger partial charge on any atom is -0.487 e. The first-order chi connectivity index (χ1) is 8.14. The molecule has 1 aromatic rings. The summed E-state index contributed by atoms with van der Waals surface area (Å²) in [5, 5.41) is 30.8. The first-order valence-electron chi connectivity index (χ1n) is 5.98. The van der Waals surface area contributed by atoms with E-state index in [2.05, 4.69) is 0 Å². The fraction of sp³-hybridized carbons (Fsp3) is 0.538. The fourth-order valence-corrected chi connectivity index (χ4v) is 2.90. The molecular formula is C13H16O4. The van der Waals surface area contributed by atoms with Crippen LogP contribution >= 0.6 is 0 Å². The molecule has 0 radical (unpaired) electrons. The Kier molecular flexibility index (Phi) is 2.40. The topological polar surface area (TPSA) is 69.9 Å². The van der Waals surface area contributed by atoms with Crippen molar-refractivity contribution in [2.75, 3.05) is 0 Å². The molecule has 0 unspecified atom stereocenters. The van der Waals surface area contributed by atoms with E-state index in [1.165, 1.54) is 0 Å². The summed E-state index contributed by atoms with van der Waals surface area (Å²) < 4.78 is 5.71. The van der Waals surface area contributed by atoms with Gasteiger partial charge in [-0.15, -0.1) is 0 Å². The van der Waals surface area contributed by atoms with Crippen LogP contribution in [0, 0.1) is 0 Å². The molecule has 0 saturated heterocycles. The second-order valence-corrected chi connectivity index (χ2v) is 4.88. The lowest BCUT2D eigenvalue weighted by Gasteiger charge is -2.49. The first-order valence-corrected chi connectivity index (χ1v) is 5.98. The van der Waals surface area contributed by atoms with E-state index < -0.39 is 23.9 Å². The van der Waals surface area contributed by atoms with Crippen LogP contribution in [0.15, 0.2) is 24.3 Å². The van der Waals surface area contributed by atoms with Gasteiger partial charge in [0.2, 0.25) is 0 Å².